The SMILES string of the molecule is C[C@@H](NS(=O)(=O)Cc1ccc(F)cc1)C(=O)O. The summed E-state index contributed by atoms with van der Waals surface area (Å²) in [6.07, 6.45) is 0. The van der Waals surface area contributed by atoms with Gasteiger partial charge in [-0.1, -0.05) is 12.1 Å². The predicted octanol–water partition coefficient (Wildman–Crippen LogP) is 0.718. The summed E-state index contributed by atoms with van der Waals surface area (Å²) in [7, 11) is -3.75. The number of carboxylic acids is 1. The third kappa shape index (κ3) is 4.49. The van der Waals surface area contributed by atoms with Crippen molar-refractivity contribution in [3.05, 3.63) is 35.6 Å². The van der Waals surface area contributed by atoms with Gasteiger partial charge in [0, 0.05) is 0 Å². The van der Waals surface area contributed by atoms with Gasteiger partial charge in [-0.25, -0.2) is 17.5 Å². The molecule has 0 heterocycles. The zero-order valence-corrected chi connectivity index (χ0v) is 9.87. The Balaban J connectivity index is 2.73. The molecule has 0 amide bonds. The van der Waals surface area contributed by atoms with E-state index in [2.05, 4.69) is 0 Å². The van der Waals surface area contributed by atoms with Crippen molar-refractivity contribution in [3.8, 4) is 0 Å². The van der Waals surface area contributed by atoms with Crippen LogP contribution in [0.4, 0.5) is 4.39 Å². The fraction of sp³-hybridized carbons (Fsp3) is 0.300. The van der Waals surface area contributed by atoms with Crippen molar-refractivity contribution in [2.24, 2.45) is 0 Å². The molecular formula is C10H12FNO4S. The lowest BCUT2D eigenvalue weighted by Gasteiger charge is -2.10. The Morgan fingerprint density at radius 3 is 2.41 bits per heavy atom. The minimum atomic E-state index is -3.75. The fourth-order valence-electron chi connectivity index (χ4n) is 1.16. The van der Waals surface area contributed by atoms with Crippen molar-refractivity contribution in [3.63, 3.8) is 0 Å². The van der Waals surface area contributed by atoms with Gasteiger partial charge < -0.3 is 5.11 Å². The van der Waals surface area contributed by atoms with E-state index in [1.807, 2.05) is 4.72 Å². The molecule has 0 aliphatic rings. The number of benzene rings is 1. The summed E-state index contributed by atoms with van der Waals surface area (Å²) in [5.41, 5.74) is 0.386. The van der Waals surface area contributed by atoms with E-state index in [4.69, 9.17) is 5.11 Å². The number of carboxylic acid groups (broad SMARTS) is 1. The second kappa shape index (κ2) is 5.24. The number of rotatable bonds is 5. The molecule has 0 aliphatic heterocycles. The van der Waals surface area contributed by atoms with Crippen molar-refractivity contribution in [1.82, 2.24) is 4.72 Å². The first-order valence-electron chi connectivity index (χ1n) is 4.77. The number of aliphatic carboxylic acids is 1. The van der Waals surface area contributed by atoms with Gasteiger partial charge in [-0.05, 0) is 24.6 Å². The van der Waals surface area contributed by atoms with Crippen LogP contribution in [0.2, 0.25) is 0 Å². The Morgan fingerprint density at radius 2 is 1.94 bits per heavy atom. The second-order valence-electron chi connectivity index (χ2n) is 3.56. The molecule has 0 aliphatic carbocycles. The molecule has 0 aromatic heterocycles. The van der Waals surface area contributed by atoms with E-state index in [9.17, 15) is 17.6 Å². The molecule has 7 heteroatoms. The predicted molar refractivity (Wildman–Crippen MR) is 59.3 cm³/mol. The minimum Gasteiger partial charge on any atom is -0.480 e. The molecule has 1 aromatic carbocycles. The maximum atomic E-state index is 12.6. The van der Waals surface area contributed by atoms with E-state index in [1.165, 1.54) is 19.1 Å². The molecule has 0 saturated heterocycles. The summed E-state index contributed by atoms with van der Waals surface area (Å²) in [6, 6.07) is 3.76. The Morgan fingerprint density at radius 1 is 1.41 bits per heavy atom. The molecule has 1 aromatic rings. The topological polar surface area (TPSA) is 83.5 Å². The average Bonchev–Trinajstić information content (AvgIpc) is 2.20. The highest BCUT2D eigenvalue weighted by Gasteiger charge is 2.19. The second-order valence-corrected chi connectivity index (χ2v) is 5.32. The highest BCUT2D eigenvalue weighted by molar-refractivity contribution is 7.88. The summed E-state index contributed by atoms with van der Waals surface area (Å²) in [5, 5.41) is 8.57. The molecule has 1 rings (SSSR count). The Hall–Kier alpha value is -1.47. The van der Waals surface area contributed by atoms with E-state index in [0.717, 1.165) is 12.1 Å². The van der Waals surface area contributed by atoms with E-state index >= 15 is 0 Å². The number of hydrogen-bond donors (Lipinski definition) is 2. The maximum absolute atomic E-state index is 12.6. The molecule has 0 fully saturated rings. The van der Waals surface area contributed by atoms with Gasteiger partial charge in [0.15, 0.2) is 0 Å². The van der Waals surface area contributed by atoms with Crippen molar-refractivity contribution >= 4 is 16.0 Å². The lowest BCUT2D eigenvalue weighted by atomic mass is 10.2. The largest absolute Gasteiger partial charge is 0.480 e. The van der Waals surface area contributed by atoms with Crippen LogP contribution in [0.1, 0.15) is 12.5 Å². The van der Waals surface area contributed by atoms with Crippen molar-refractivity contribution < 1.29 is 22.7 Å². The van der Waals surface area contributed by atoms with Gasteiger partial charge in [0.25, 0.3) is 0 Å². The van der Waals surface area contributed by atoms with Crippen LogP contribution >= 0.6 is 0 Å². The molecule has 1 atom stereocenters. The van der Waals surface area contributed by atoms with Gasteiger partial charge in [0.1, 0.15) is 11.9 Å². The molecule has 17 heavy (non-hydrogen) atoms. The fourth-order valence-corrected chi connectivity index (χ4v) is 2.52. The molecule has 0 unspecified atom stereocenters. The van der Waals surface area contributed by atoms with Gasteiger partial charge in [-0.2, -0.15) is 0 Å². The molecule has 94 valence electrons. The van der Waals surface area contributed by atoms with E-state index in [1.54, 1.807) is 0 Å². The Bertz CT molecular complexity index is 498. The van der Waals surface area contributed by atoms with Crippen LogP contribution in [-0.4, -0.2) is 25.5 Å². The normalized spacial score (nSPS) is 13.3. The molecule has 5 nitrogen and oxygen atoms in total. The van der Waals surface area contributed by atoms with Crippen molar-refractivity contribution in [1.29, 1.82) is 0 Å². The third-order valence-electron chi connectivity index (χ3n) is 2.00. The number of nitrogens with one attached hydrogen (secondary N) is 1. The van der Waals surface area contributed by atoms with Crippen LogP contribution in [0.15, 0.2) is 24.3 Å². The van der Waals surface area contributed by atoms with Crippen molar-refractivity contribution in [2.45, 2.75) is 18.7 Å². The molecule has 0 bridgehead atoms. The first kappa shape index (κ1) is 13.6. The Labute approximate surface area is 98.3 Å². The standard InChI is InChI=1S/C10H12FNO4S/c1-7(10(13)14)12-17(15,16)6-8-2-4-9(11)5-3-8/h2-5,7,12H,6H2,1H3,(H,13,14)/t7-/m1/s1. The van der Waals surface area contributed by atoms with Crippen molar-refractivity contribution in [2.75, 3.05) is 0 Å². The van der Waals surface area contributed by atoms with Gasteiger partial charge in [-0.3, -0.25) is 4.79 Å². The van der Waals surface area contributed by atoms with Crippen LogP contribution in [0.25, 0.3) is 0 Å². The van der Waals surface area contributed by atoms with Crippen LogP contribution in [0.5, 0.6) is 0 Å². The monoisotopic (exact) mass is 261 g/mol. The molecule has 0 radical (unpaired) electrons. The van der Waals surface area contributed by atoms with E-state index in [0.29, 0.717) is 5.56 Å². The Kier molecular flexibility index (Phi) is 4.19. The minimum absolute atomic E-state index is 0.384. The molecular weight excluding hydrogens is 249 g/mol. The van der Waals surface area contributed by atoms with Gasteiger partial charge >= 0.3 is 5.97 Å². The lowest BCUT2D eigenvalue weighted by Crippen LogP contribution is -2.38. The molecule has 0 spiro atoms. The molecule has 2 N–H and O–H groups in total. The van der Waals surface area contributed by atoms with Crippen LogP contribution < -0.4 is 4.72 Å². The van der Waals surface area contributed by atoms with Gasteiger partial charge in [0.2, 0.25) is 10.0 Å². The summed E-state index contributed by atoms with van der Waals surface area (Å²) in [6.45, 7) is 1.23. The average molecular weight is 261 g/mol. The smallest absolute Gasteiger partial charge is 0.321 e. The summed E-state index contributed by atoms with van der Waals surface area (Å²) in [5.74, 6) is -2.10. The summed E-state index contributed by atoms with van der Waals surface area (Å²) < 4.78 is 37.7. The first-order valence-corrected chi connectivity index (χ1v) is 6.42. The third-order valence-corrected chi connectivity index (χ3v) is 3.42. The van der Waals surface area contributed by atoms with Gasteiger partial charge in [0.05, 0.1) is 5.75 Å². The van der Waals surface area contributed by atoms with Crippen LogP contribution in [0, 0.1) is 5.82 Å². The van der Waals surface area contributed by atoms with E-state index < -0.39 is 27.9 Å². The number of hydrogen-bond acceptors (Lipinski definition) is 3. The first-order chi connectivity index (χ1) is 7.80. The lowest BCUT2D eigenvalue weighted by molar-refractivity contribution is -0.138. The van der Waals surface area contributed by atoms with Gasteiger partial charge in [-0.15, -0.1) is 0 Å². The zero-order chi connectivity index (χ0) is 13.1. The zero-order valence-electron chi connectivity index (χ0n) is 9.05. The van der Waals surface area contributed by atoms with E-state index in [-0.39, 0.29) is 5.75 Å². The summed E-state index contributed by atoms with van der Waals surface area (Å²) >= 11 is 0. The quantitative estimate of drug-likeness (QED) is 0.818. The summed E-state index contributed by atoms with van der Waals surface area (Å²) in [4.78, 5) is 10.5. The highest BCUT2D eigenvalue weighted by Crippen LogP contribution is 2.07. The maximum Gasteiger partial charge on any atom is 0.321 e. The molecule has 0 saturated carbocycles. The number of carbonyl (C=O) groups is 1. The van der Waals surface area contributed by atoms with Crippen LogP contribution in [0.3, 0.4) is 0 Å². The number of sulfonamides is 1. The highest BCUT2D eigenvalue weighted by atomic mass is 32.2. The van der Waals surface area contributed by atoms with Crippen LogP contribution in [-0.2, 0) is 20.6 Å². The number of halogens is 1.